The lowest BCUT2D eigenvalue weighted by Gasteiger charge is -2.20. The molecule has 0 unspecified atom stereocenters. The summed E-state index contributed by atoms with van der Waals surface area (Å²) in [4.78, 5) is 11.8. The Morgan fingerprint density at radius 1 is 1.25 bits per heavy atom. The lowest BCUT2D eigenvalue weighted by atomic mass is 10.0. The van der Waals surface area contributed by atoms with Gasteiger partial charge in [-0.3, -0.25) is 0 Å². The Labute approximate surface area is 146 Å². The van der Waals surface area contributed by atoms with Crippen LogP contribution in [0.15, 0.2) is 36.7 Å². The van der Waals surface area contributed by atoms with Gasteiger partial charge in [0.15, 0.2) is 19.0 Å². The van der Waals surface area contributed by atoms with E-state index in [1.54, 1.807) is 45.0 Å². The van der Waals surface area contributed by atoms with Crippen molar-refractivity contribution in [2.75, 3.05) is 6.61 Å². The number of aryl methyl sites for hydroxylation is 1. The van der Waals surface area contributed by atoms with Crippen LogP contribution >= 0.6 is 11.6 Å². The summed E-state index contributed by atoms with van der Waals surface area (Å²) in [6.45, 7) is 7.03. The minimum Gasteiger partial charge on any atom is -0.619 e. The first-order valence-corrected chi connectivity index (χ1v) is 7.87. The highest BCUT2D eigenvalue weighted by Crippen LogP contribution is 2.33. The molecule has 0 aliphatic heterocycles. The molecule has 1 aromatic carbocycles. The average Bonchev–Trinajstić information content (AvgIpc) is 2.46. The molecule has 5 nitrogen and oxygen atoms in total. The van der Waals surface area contributed by atoms with E-state index in [1.807, 2.05) is 6.92 Å². The summed E-state index contributed by atoms with van der Waals surface area (Å²) in [7, 11) is 0. The van der Waals surface area contributed by atoms with Crippen molar-refractivity contribution in [3.63, 3.8) is 0 Å². The lowest BCUT2D eigenvalue weighted by molar-refractivity contribution is -0.604. The molecule has 0 atom stereocenters. The zero-order valence-electron chi connectivity index (χ0n) is 14.1. The summed E-state index contributed by atoms with van der Waals surface area (Å²) in [6.07, 6.45) is 2.87. The number of benzene rings is 1. The summed E-state index contributed by atoms with van der Waals surface area (Å²) >= 11 is 6.08. The summed E-state index contributed by atoms with van der Waals surface area (Å²) in [5.74, 6) is -0.00775. The molecule has 0 fully saturated rings. The van der Waals surface area contributed by atoms with Gasteiger partial charge in [0.05, 0.1) is 5.56 Å². The third-order valence-electron chi connectivity index (χ3n) is 3.15. The number of hydrogen-bond acceptors (Lipinski definition) is 4. The van der Waals surface area contributed by atoms with E-state index in [0.29, 0.717) is 26.6 Å². The van der Waals surface area contributed by atoms with Gasteiger partial charge in [-0.2, -0.15) is 4.73 Å². The van der Waals surface area contributed by atoms with Gasteiger partial charge in [-0.1, -0.05) is 11.6 Å². The van der Waals surface area contributed by atoms with Gasteiger partial charge in [-0.15, -0.1) is 0 Å². The smallest absolute Gasteiger partial charge is 0.344 e. The molecule has 0 saturated carbocycles. The van der Waals surface area contributed by atoms with Crippen molar-refractivity contribution in [1.29, 1.82) is 0 Å². The standard InChI is InChI=1S/C18H20ClNO4/c1-12-7-8-20(22)10-15(12)14-9-13(19)5-6-16(14)23-11-17(21)24-18(2,3)4/h5-10H,11H2,1-4H3. The fraction of sp³-hybridized carbons (Fsp3) is 0.333. The van der Waals surface area contributed by atoms with Crippen LogP contribution in [0.3, 0.4) is 0 Å². The Kier molecular flexibility index (Phi) is 5.34. The van der Waals surface area contributed by atoms with Crippen LogP contribution in [0.25, 0.3) is 11.1 Å². The lowest BCUT2D eigenvalue weighted by Crippen LogP contribution is -2.27. The van der Waals surface area contributed by atoms with Crippen LogP contribution < -0.4 is 9.47 Å². The molecule has 0 spiro atoms. The van der Waals surface area contributed by atoms with E-state index in [2.05, 4.69) is 0 Å². The number of ether oxygens (including phenoxy) is 2. The Morgan fingerprint density at radius 2 is 1.96 bits per heavy atom. The number of carbonyl (C=O) groups excluding carboxylic acids is 1. The molecule has 0 radical (unpaired) electrons. The molecule has 0 aliphatic carbocycles. The predicted molar refractivity (Wildman–Crippen MR) is 91.9 cm³/mol. The van der Waals surface area contributed by atoms with Crippen molar-refractivity contribution in [3.05, 3.63) is 52.5 Å². The summed E-state index contributed by atoms with van der Waals surface area (Å²) < 4.78 is 11.5. The van der Waals surface area contributed by atoms with Crippen LogP contribution in [0.4, 0.5) is 0 Å². The minimum absolute atomic E-state index is 0.227. The number of aromatic nitrogens is 1. The first-order chi connectivity index (χ1) is 11.2. The van der Waals surface area contributed by atoms with Gasteiger partial charge in [0.25, 0.3) is 0 Å². The third-order valence-corrected chi connectivity index (χ3v) is 3.39. The fourth-order valence-corrected chi connectivity index (χ4v) is 2.35. The quantitative estimate of drug-likeness (QED) is 0.480. The zero-order valence-corrected chi connectivity index (χ0v) is 14.9. The second-order valence-electron chi connectivity index (χ2n) is 6.42. The van der Waals surface area contributed by atoms with Crippen LogP contribution in [0, 0.1) is 12.1 Å². The number of pyridine rings is 1. The van der Waals surface area contributed by atoms with E-state index >= 15 is 0 Å². The Hall–Kier alpha value is -2.27. The van der Waals surface area contributed by atoms with Crippen molar-refractivity contribution >= 4 is 17.6 Å². The van der Waals surface area contributed by atoms with E-state index in [-0.39, 0.29) is 6.61 Å². The van der Waals surface area contributed by atoms with Gasteiger partial charge in [-0.05, 0) is 51.5 Å². The zero-order chi connectivity index (χ0) is 17.9. The number of esters is 1. The Balaban J connectivity index is 2.29. The van der Waals surface area contributed by atoms with Crippen molar-refractivity contribution in [1.82, 2.24) is 0 Å². The van der Waals surface area contributed by atoms with Gasteiger partial charge < -0.3 is 14.7 Å². The molecule has 1 aromatic heterocycles. The number of carbonyl (C=O) groups is 1. The molecule has 0 aliphatic rings. The van der Waals surface area contributed by atoms with E-state index in [4.69, 9.17) is 21.1 Å². The SMILES string of the molecule is Cc1cc[n+]([O-])cc1-c1cc(Cl)ccc1OCC(=O)OC(C)(C)C. The van der Waals surface area contributed by atoms with Crippen molar-refractivity contribution in [2.45, 2.75) is 33.3 Å². The molecule has 0 amide bonds. The molecular weight excluding hydrogens is 330 g/mol. The average molecular weight is 350 g/mol. The van der Waals surface area contributed by atoms with Crippen LogP contribution in [-0.2, 0) is 9.53 Å². The Morgan fingerprint density at radius 3 is 2.62 bits per heavy atom. The molecular formula is C18H20ClNO4. The molecule has 128 valence electrons. The van der Waals surface area contributed by atoms with E-state index in [9.17, 15) is 10.0 Å². The first-order valence-electron chi connectivity index (χ1n) is 7.50. The normalized spacial score (nSPS) is 11.2. The summed E-state index contributed by atoms with van der Waals surface area (Å²) in [6, 6.07) is 6.75. The van der Waals surface area contributed by atoms with E-state index < -0.39 is 11.6 Å². The molecule has 0 bridgehead atoms. The van der Waals surface area contributed by atoms with Gasteiger partial charge >= 0.3 is 5.97 Å². The molecule has 0 N–H and O–H groups in total. The molecule has 24 heavy (non-hydrogen) atoms. The fourth-order valence-electron chi connectivity index (χ4n) is 2.18. The van der Waals surface area contributed by atoms with Crippen molar-refractivity contribution < 1.29 is 19.0 Å². The Bertz CT molecular complexity index is 753. The second kappa shape index (κ2) is 7.09. The highest BCUT2D eigenvalue weighted by molar-refractivity contribution is 6.31. The molecule has 0 saturated heterocycles. The monoisotopic (exact) mass is 349 g/mol. The van der Waals surface area contributed by atoms with Crippen molar-refractivity contribution in [2.24, 2.45) is 0 Å². The molecule has 1 heterocycles. The summed E-state index contributed by atoms with van der Waals surface area (Å²) in [5.41, 5.74) is 1.65. The maximum absolute atomic E-state index is 11.8. The maximum atomic E-state index is 11.8. The second-order valence-corrected chi connectivity index (χ2v) is 6.85. The van der Waals surface area contributed by atoms with Crippen LogP contribution in [0.1, 0.15) is 26.3 Å². The first kappa shape index (κ1) is 18.1. The minimum atomic E-state index is -0.576. The number of nitrogens with zero attached hydrogens (tertiary/aromatic N) is 1. The van der Waals surface area contributed by atoms with Gasteiger partial charge in [0.1, 0.15) is 11.4 Å². The highest BCUT2D eigenvalue weighted by atomic mass is 35.5. The largest absolute Gasteiger partial charge is 0.619 e. The predicted octanol–water partition coefficient (Wildman–Crippen LogP) is 3.67. The van der Waals surface area contributed by atoms with Crippen LogP contribution in [0.5, 0.6) is 5.75 Å². The molecule has 6 heteroatoms. The molecule has 2 rings (SSSR count). The molecule has 2 aromatic rings. The topological polar surface area (TPSA) is 62.5 Å². The van der Waals surface area contributed by atoms with Crippen LogP contribution in [0.2, 0.25) is 5.02 Å². The maximum Gasteiger partial charge on any atom is 0.344 e. The van der Waals surface area contributed by atoms with E-state index in [0.717, 1.165) is 5.56 Å². The van der Waals surface area contributed by atoms with Gasteiger partial charge in [-0.25, -0.2) is 4.79 Å². The number of halogens is 1. The highest BCUT2D eigenvalue weighted by Gasteiger charge is 2.18. The van der Waals surface area contributed by atoms with Gasteiger partial charge in [0, 0.05) is 16.7 Å². The van der Waals surface area contributed by atoms with E-state index in [1.165, 1.54) is 12.4 Å². The summed E-state index contributed by atoms with van der Waals surface area (Å²) in [5, 5.41) is 12.1. The van der Waals surface area contributed by atoms with Gasteiger partial charge in [0.2, 0.25) is 0 Å². The van der Waals surface area contributed by atoms with Crippen LogP contribution in [-0.4, -0.2) is 18.2 Å². The number of hydrogen-bond donors (Lipinski definition) is 0. The third kappa shape index (κ3) is 4.86. The number of rotatable bonds is 4. The van der Waals surface area contributed by atoms with Crippen molar-refractivity contribution in [3.8, 4) is 16.9 Å².